The van der Waals surface area contributed by atoms with Crippen molar-refractivity contribution in [3.8, 4) is 5.75 Å². The normalized spacial score (nSPS) is 12.0. The molecule has 2 aromatic rings. The second kappa shape index (κ2) is 7.12. The van der Waals surface area contributed by atoms with Crippen molar-refractivity contribution in [3.05, 3.63) is 54.1 Å². The third-order valence-electron chi connectivity index (χ3n) is 3.13. The molecule has 8 heteroatoms. The zero-order valence-corrected chi connectivity index (χ0v) is 13.6. The van der Waals surface area contributed by atoms with Gasteiger partial charge in [0.15, 0.2) is 5.75 Å². The average Bonchev–Trinajstić information content (AvgIpc) is 2.48. The van der Waals surface area contributed by atoms with E-state index in [1.54, 1.807) is 12.1 Å². The van der Waals surface area contributed by atoms with Gasteiger partial charge < -0.3 is 4.74 Å². The number of anilines is 1. The molecule has 0 atom stereocenters. The monoisotopic (exact) mass is 359 g/mol. The number of nitrogens with one attached hydrogen (secondary N) is 1. The predicted octanol–water partition coefficient (Wildman–Crippen LogP) is 4.34. The third-order valence-corrected chi connectivity index (χ3v) is 4.51. The molecule has 4 nitrogen and oxygen atoms in total. The fourth-order valence-electron chi connectivity index (χ4n) is 2.09. The van der Waals surface area contributed by atoms with Gasteiger partial charge >= 0.3 is 6.36 Å². The molecule has 0 unspecified atom stereocenters. The van der Waals surface area contributed by atoms with Gasteiger partial charge in [-0.1, -0.05) is 37.6 Å². The molecule has 0 saturated heterocycles. The Morgan fingerprint density at radius 3 is 2.25 bits per heavy atom. The summed E-state index contributed by atoms with van der Waals surface area (Å²) in [7, 11) is -4.02. The highest BCUT2D eigenvalue weighted by Crippen LogP contribution is 2.31. The SMILES string of the molecule is CCCc1ccc(S(=O)(=O)Nc2ccccc2OC(F)(F)F)cc1. The van der Waals surface area contributed by atoms with Crippen LogP contribution in [0.25, 0.3) is 0 Å². The van der Waals surface area contributed by atoms with Crippen LogP contribution in [0.15, 0.2) is 53.4 Å². The highest BCUT2D eigenvalue weighted by Gasteiger charge is 2.32. The Labute approximate surface area is 138 Å². The lowest BCUT2D eigenvalue weighted by Gasteiger charge is -2.14. The minimum atomic E-state index is -4.91. The van der Waals surface area contributed by atoms with Gasteiger partial charge in [-0.25, -0.2) is 8.42 Å². The lowest BCUT2D eigenvalue weighted by molar-refractivity contribution is -0.274. The van der Waals surface area contributed by atoms with Gasteiger partial charge in [0.05, 0.1) is 10.6 Å². The van der Waals surface area contributed by atoms with Gasteiger partial charge in [-0.3, -0.25) is 4.72 Å². The van der Waals surface area contributed by atoms with Crippen molar-refractivity contribution in [3.63, 3.8) is 0 Å². The van der Waals surface area contributed by atoms with E-state index in [2.05, 4.69) is 9.46 Å². The molecule has 24 heavy (non-hydrogen) atoms. The van der Waals surface area contributed by atoms with Crippen LogP contribution in [-0.4, -0.2) is 14.8 Å². The molecule has 0 fully saturated rings. The van der Waals surface area contributed by atoms with Gasteiger partial charge in [-0.2, -0.15) is 0 Å². The fraction of sp³-hybridized carbons (Fsp3) is 0.250. The van der Waals surface area contributed by atoms with Crippen LogP contribution in [0, 0.1) is 0 Å². The first kappa shape index (κ1) is 18.1. The van der Waals surface area contributed by atoms with Crippen LogP contribution >= 0.6 is 0 Å². The van der Waals surface area contributed by atoms with E-state index >= 15 is 0 Å². The van der Waals surface area contributed by atoms with Crippen LogP contribution in [0.2, 0.25) is 0 Å². The standard InChI is InChI=1S/C16H16F3NO3S/c1-2-5-12-8-10-13(11-9-12)24(21,22)20-14-6-3-4-7-15(14)23-16(17,18)19/h3-4,6-11,20H,2,5H2,1H3. The summed E-state index contributed by atoms with van der Waals surface area (Å²) in [5.41, 5.74) is 0.699. The van der Waals surface area contributed by atoms with E-state index in [-0.39, 0.29) is 10.6 Å². The molecule has 0 aliphatic carbocycles. The Balaban J connectivity index is 2.26. The summed E-state index contributed by atoms with van der Waals surface area (Å²) in [5.74, 6) is -0.615. The van der Waals surface area contributed by atoms with Crippen molar-refractivity contribution in [1.29, 1.82) is 0 Å². The summed E-state index contributed by atoms with van der Waals surface area (Å²) < 4.78 is 67.8. The van der Waals surface area contributed by atoms with Gasteiger partial charge in [0.1, 0.15) is 0 Å². The number of para-hydroxylation sites is 2. The van der Waals surface area contributed by atoms with Crippen LogP contribution in [0.4, 0.5) is 18.9 Å². The molecule has 130 valence electrons. The van der Waals surface area contributed by atoms with Crippen molar-refractivity contribution in [2.45, 2.75) is 31.0 Å². The van der Waals surface area contributed by atoms with E-state index in [0.717, 1.165) is 24.5 Å². The molecule has 0 radical (unpaired) electrons. The van der Waals surface area contributed by atoms with Gasteiger partial charge in [0, 0.05) is 0 Å². The molecule has 2 rings (SSSR count). The third kappa shape index (κ3) is 4.89. The van der Waals surface area contributed by atoms with Crippen molar-refractivity contribution >= 4 is 15.7 Å². The number of hydrogen-bond acceptors (Lipinski definition) is 3. The highest BCUT2D eigenvalue weighted by atomic mass is 32.2. The van der Waals surface area contributed by atoms with E-state index in [9.17, 15) is 21.6 Å². The van der Waals surface area contributed by atoms with Crippen LogP contribution < -0.4 is 9.46 Å². The van der Waals surface area contributed by atoms with E-state index in [1.165, 1.54) is 30.3 Å². The van der Waals surface area contributed by atoms with Crippen molar-refractivity contribution in [2.75, 3.05) is 4.72 Å². The molecular weight excluding hydrogens is 343 g/mol. The number of aryl methyl sites for hydroxylation is 1. The largest absolute Gasteiger partial charge is 0.573 e. The molecule has 0 amide bonds. The second-order valence-electron chi connectivity index (χ2n) is 5.04. The summed E-state index contributed by atoms with van der Waals surface area (Å²) in [4.78, 5) is -0.0378. The Morgan fingerprint density at radius 1 is 1.04 bits per heavy atom. The number of halogens is 3. The molecule has 0 aromatic heterocycles. The first-order valence-corrected chi connectivity index (χ1v) is 8.66. The number of sulfonamides is 1. The molecule has 0 heterocycles. The maximum Gasteiger partial charge on any atom is 0.573 e. The lowest BCUT2D eigenvalue weighted by Crippen LogP contribution is -2.19. The van der Waals surface area contributed by atoms with Crippen LogP contribution in [0.5, 0.6) is 5.75 Å². The number of hydrogen-bond donors (Lipinski definition) is 1. The molecule has 0 aliphatic heterocycles. The summed E-state index contributed by atoms with van der Waals surface area (Å²) in [6.45, 7) is 2.00. The van der Waals surface area contributed by atoms with Crippen molar-refractivity contribution in [2.24, 2.45) is 0 Å². The maximum absolute atomic E-state index is 12.4. The Hall–Kier alpha value is -2.22. The minimum absolute atomic E-state index is 0.0378. The van der Waals surface area contributed by atoms with E-state index in [4.69, 9.17) is 0 Å². The maximum atomic E-state index is 12.4. The molecule has 0 bridgehead atoms. The highest BCUT2D eigenvalue weighted by molar-refractivity contribution is 7.92. The molecule has 1 N–H and O–H groups in total. The first-order chi connectivity index (χ1) is 11.2. The molecule has 0 saturated carbocycles. The second-order valence-corrected chi connectivity index (χ2v) is 6.73. The number of ether oxygens (including phenoxy) is 1. The van der Waals surface area contributed by atoms with Gasteiger partial charge in [-0.15, -0.1) is 13.2 Å². The fourth-order valence-corrected chi connectivity index (χ4v) is 3.16. The summed E-state index contributed by atoms with van der Waals surface area (Å²) >= 11 is 0. The van der Waals surface area contributed by atoms with Gasteiger partial charge in [0.2, 0.25) is 0 Å². The minimum Gasteiger partial charge on any atom is -0.404 e. The average molecular weight is 359 g/mol. The zero-order valence-electron chi connectivity index (χ0n) is 12.8. The zero-order chi connectivity index (χ0) is 17.8. The molecule has 0 spiro atoms. The first-order valence-electron chi connectivity index (χ1n) is 7.18. The summed E-state index contributed by atoms with van der Waals surface area (Å²) in [5, 5.41) is 0. The van der Waals surface area contributed by atoms with Crippen LogP contribution in [-0.2, 0) is 16.4 Å². The smallest absolute Gasteiger partial charge is 0.404 e. The van der Waals surface area contributed by atoms with E-state index < -0.39 is 22.1 Å². The van der Waals surface area contributed by atoms with E-state index in [0.29, 0.717) is 0 Å². The Kier molecular flexibility index (Phi) is 5.38. The molecular formula is C16H16F3NO3S. The number of benzene rings is 2. The van der Waals surface area contributed by atoms with Gasteiger partial charge in [-0.05, 0) is 36.2 Å². The Bertz CT molecular complexity index is 787. The quantitative estimate of drug-likeness (QED) is 0.835. The van der Waals surface area contributed by atoms with Crippen LogP contribution in [0.3, 0.4) is 0 Å². The Morgan fingerprint density at radius 2 is 1.67 bits per heavy atom. The molecule has 2 aromatic carbocycles. The predicted molar refractivity (Wildman–Crippen MR) is 84.4 cm³/mol. The number of rotatable bonds is 6. The lowest BCUT2D eigenvalue weighted by atomic mass is 10.1. The van der Waals surface area contributed by atoms with Crippen LogP contribution in [0.1, 0.15) is 18.9 Å². The van der Waals surface area contributed by atoms with E-state index in [1.807, 2.05) is 6.92 Å². The number of alkyl halides is 3. The van der Waals surface area contributed by atoms with Crippen molar-refractivity contribution < 1.29 is 26.3 Å². The summed E-state index contributed by atoms with van der Waals surface area (Å²) in [6.07, 6.45) is -3.17. The molecule has 0 aliphatic rings. The summed E-state index contributed by atoms with van der Waals surface area (Å²) in [6, 6.07) is 11.1. The topological polar surface area (TPSA) is 55.4 Å². The van der Waals surface area contributed by atoms with Crippen molar-refractivity contribution in [1.82, 2.24) is 0 Å². The van der Waals surface area contributed by atoms with Gasteiger partial charge in [0.25, 0.3) is 10.0 Å².